The number of anilines is 2. The standard InChI is InChI=1S/C27H31N3O4S/c1-4-21-14-16-22(17-15-21)30(35(33,34)23-10-6-5-7-11-23)19-26(31)29-25-13-9-8-12-24(25)27(32)28-18-20(2)3/h5-17,20H,4,18-19H2,1-3H3,(H,28,32)(H,29,31). The normalized spacial score (nSPS) is 11.2. The molecule has 3 aromatic carbocycles. The minimum absolute atomic E-state index is 0.0841. The number of para-hydroxylation sites is 1. The summed E-state index contributed by atoms with van der Waals surface area (Å²) in [4.78, 5) is 25.8. The highest BCUT2D eigenvalue weighted by atomic mass is 32.2. The third-order valence-electron chi connectivity index (χ3n) is 5.37. The summed E-state index contributed by atoms with van der Waals surface area (Å²) in [6, 6.07) is 21.7. The van der Waals surface area contributed by atoms with Gasteiger partial charge >= 0.3 is 0 Å². The number of carbonyl (C=O) groups is 2. The molecule has 0 heterocycles. The number of amides is 2. The quantitative estimate of drug-likeness (QED) is 0.436. The van der Waals surface area contributed by atoms with Crippen LogP contribution < -0.4 is 14.9 Å². The van der Waals surface area contributed by atoms with Gasteiger partial charge in [0.2, 0.25) is 5.91 Å². The number of aryl methyl sites for hydroxylation is 1. The molecular formula is C27H31N3O4S. The van der Waals surface area contributed by atoms with Crippen LogP contribution in [0.1, 0.15) is 36.7 Å². The minimum Gasteiger partial charge on any atom is -0.352 e. The van der Waals surface area contributed by atoms with Crippen molar-refractivity contribution in [2.24, 2.45) is 5.92 Å². The highest BCUT2D eigenvalue weighted by molar-refractivity contribution is 7.92. The number of benzene rings is 3. The lowest BCUT2D eigenvalue weighted by molar-refractivity contribution is -0.114. The van der Waals surface area contributed by atoms with E-state index in [9.17, 15) is 18.0 Å². The second kappa shape index (κ2) is 11.7. The fourth-order valence-electron chi connectivity index (χ4n) is 3.43. The zero-order valence-corrected chi connectivity index (χ0v) is 21.0. The van der Waals surface area contributed by atoms with E-state index in [0.717, 1.165) is 16.3 Å². The van der Waals surface area contributed by atoms with Gasteiger partial charge in [0.05, 0.1) is 21.8 Å². The molecule has 0 radical (unpaired) electrons. The van der Waals surface area contributed by atoms with Crippen LogP contribution in [0.3, 0.4) is 0 Å². The van der Waals surface area contributed by atoms with Crippen molar-refractivity contribution in [3.63, 3.8) is 0 Å². The average Bonchev–Trinajstić information content (AvgIpc) is 2.86. The van der Waals surface area contributed by atoms with Gasteiger partial charge in [-0.1, -0.05) is 63.2 Å². The Morgan fingerprint density at radius 2 is 1.51 bits per heavy atom. The van der Waals surface area contributed by atoms with Crippen molar-refractivity contribution in [1.29, 1.82) is 0 Å². The van der Waals surface area contributed by atoms with E-state index in [1.165, 1.54) is 12.1 Å². The summed E-state index contributed by atoms with van der Waals surface area (Å²) in [5.74, 6) is -0.594. The summed E-state index contributed by atoms with van der Waals surface area (Å²) < 4.78 is 28.0. The third kappa shape index (κ3) is 6.70. The Hall–Kier alpha value is -3.65. The van der Waals surface area contributed by atoms with Crippen molar-refractivity contribution in [3.05, 3.63) is 90.0 Å². The van der Waals surface area contributed by atoms with Gasteiger partial charge < -0.3 is 10.6 Å². The zero-order valence-electron chi connectivity index (χ0n) is 20.2. The summed E-state index contributed by atoms with van der Waals surface area (Å²) in [6.45, 7) is 6.03. The van der Waals surface area contributed by atoms with E-state index >= 15 is 0 Å². The molecule has 0 bridgehead atoms. The first-order chi connectivity index (χ1) is 16.7. The first kappa shape index (κ1) is 26.0. The lowest BCUT2D eigenvalue weighted by Gasteiger charge is -2.24. The second-order valence-electron chi connectivity index (χ2n) is 8.54. The van der Waals surface area contributed by atoms with Crippen LogP contribution in [-0.2, 0) is 21.2 Å². The molecule has 0 saturated heterocycles. The van der Waals surface area contributed by atoms with Gasteiger partial charge in [0.15, 0.2) is 0 Å². The van der Waals surface area contributed by atoms with Gasteiger partial charge in [-0.2, -0.15) is 0 Å². The lowest BCUT2D eigenvalue weighted by atomic mass is 10.1. The van der Waals surface area contributed by atoms with Crippen LogP contribution in [0.5, 0.6) is 0 Å². The highest BCUT2D eigenvalue weighted by Gasteiger charge is 2.27. The molecule has 0 aliphatic rings. The summed E-state index contributed by atoms with van der Waals surface area (Å²) >= 11 is 0. The van der Waals surface area contributed by atoms with Gasteiger partial charge in [0.1, 0.15) is 6.54 Å². The molecule has 7 nitrogen and oxygen atoms in total. The first-order valence-corrected chi connectivity index (χ1v) is 13.0. The van der Waals surface area contributed by atoms with Crippen LogP contribution in [-0.4, -0.2) is 33.3 Å². The van der Waals surface area contributed by atoms with Gasteiger partial charge in [-0.25, -0.2) is 8.42 Å². The Kier molecular flexibility index (Phi) is 8.65. The maximum Gasteiger partial charge on any atom is 0.264 e. The van der Waals surface area contributed by atoms with Gasteiger partial charge in [-0.05, 0) is 54.3 Å². The van der Waals surface area contributed by atoms with Crippen molar-refractivity contribution in [2.45, 2.75) is 32.1 Å². The molecule has 0 fully saturated rings. The van der Waals surface area contributed by atoms with Crippen LogP contribution in [0.25, 0.3) is 0 Å². The van der Waals surface area contributed by atoms with Gasteiger partial charge in [-0.15, -0.1) is 0 Å². The SMILES string of the molecule is CCc1ccc(N(CC(=O)Nc2ccccc2C(=O)NCC(C)C)S(=O)(=O)c2ccccc2)cc1. The number of nitrogens with one attached hydrogen (secondary N) is 2. The number of rotatable bonds is 10. The Morgan fingerprint density at radius 1 is 0.886 bits per heavy atom. The molecule has 35 heavy (non-hydrogen) atoms. The van der Waals surface area contributed by atoms with Gasteiger partial charge in [-0.3, -0.25) is 13.9 Å². The molecule has 0 atom stereocenters. The smallest absolute Gasteiger partial charge is 0.264 e. The molecule has 2 amide bonds. The van der Waals surface area contributed by atoms with E-state index in [1.807, 2.05) is 32.9 Å². The van der Waals surface area contributed by atoms with Crippen LogP contribution in [0.15, 0.2) is 83.8 Å². The number of hydrogen-bond acceptors (Lipinski definition) is 4. The van der Waals surface area contributed by atoms with Crippen LogP contribution in [0, 0.1) is 5.92 Å². The largest absolute Gasteiger partial charge is 0.352 e. The first-order valence-electron chi connectivity index (χ1n) is 11.6. The lowest BCUT2D eigenvalue weighted by Crippen LogP contribution is -2.38. The van der Waals surface area contributed by atoms with Crippen LogP contribution in [0.4, 0.5) is 11.4 Å². The molecule has 0 aliphatic heterocycles. The van der Waals surface area contributed by atoms with Crippen LogP contribution >= 0.6 is 0 Å². The van der Waals surface area contributed by atoms with E-state index in [0.29, 0.717) is 23.5 Å². The van der Waals surface area contributed by atoms with E-state index < -0.39 is 22.5 Å². The molecule has 3 rings (SSSR count). The highest BCUT2D eigenvalue weighted by Crippen LogP contribution is 2.25. The van der Waals surface area contributed by atoms with E-state index in [2.05, 4.69) is 10.6 Å². The maximum atomic E-state index is 13.5. The van der Waals surface area contributed by atoms with Gasteiger partial charge in [0, 0.05) is 6.54 Å². The molecule has 0 aromatic heterocycles. The predicted octanol–water partition coefficient (Wildman–Crippen LogP) is 4.47. The summed E-state index contributed by atoms with van der Waals surface area (Å²) in [6.07, 6.45) is 0.807. The molecule has 0 aliphatic carbocycles. The Morgan fingerprint density at radius 3 is 2.14 bits per heavy atom. The fourth-order valence-corrected chi connectivity index (χ4v) is 4.88. The van der Waals surface area contributed by atoms with Crippen molar-refractivity contribution in [2.75, 3.05) is 22.7 Å². The minimum atomic E-state index is -4.01. The van der Waals surface area contributed by atoms with E-state index in [1.54, 1.807) is 54.6 Å². The average molecular weight is 494 g/mol. The third-order valence-corrected chi connectivity index (χ3v) is 7.16. The van der Waals surface area contributed by atoms with E-state index in [4.69, 9.17) is 0 Å². The second-order valence-corrected chi connectivity index (χ2v) is 10.4. The monoisotopic (exact) mass is 493 g/mol. The summed E-state index contributed by atoms with van der Waals surface area (Å²) in [5.41, 5.74) is 2.06. The van der Waals surface area contributed by atoms with Gasteiger partial charge in [0.25, 0.3) is 15.9 Å². The molecule has 3 aromatic rings. The molecule has 0 unspecified atom stereocenters. The molecular weight excluding hydrogens is 462 g/mol. The molecule has 8 heteroatoms. The Labute approximate surface area is 207 Å². The number of hydrogen-bond donors (Lipinski definition) is 2. The van der Waals surface area contributed by atoms with Crippen LogP contribution in [0.2, 0.25) is 0 Å². The number of sulfonamides is 1. The fraction of sp³-hybridized carbons (Fsp3) is 0.259. The number of carbonyl (C=O) groups excluding carboxylic acids is 2. The molecule has 2 N–H and O–H groups in total. The maximum absolute atomic E-state index is 13.5. The van der Waals surface area contributed by atoms with E-state index in [-0.39, 0.29) is 16.7 Å². The number of nitrogens with zero attached hydrogens (tertiary/aromatic N) is 1. The molecule has 0 saturated carbocycles. The molecule has 184 valence electrons. The summed E-state index contributed by atoms with van der Waals surface area (Å²) in [7, 11) is -4.01. The van der Waals surface area contributed by atoms with Crippen molar-refractivity contribution < 1.29 is 18.0 Å². The van der Waals surface area contributed by atoms with Crippen molar-refractivity contribution in [1.82, 2.24) is 5.32 Å². The van der Waals surface area contributed by atoms with Crippen molar-refractivity contribution in [3.8, 4) is 0 Å². The topological polar surface area (TPSA) is 95.6 Å². The Bertz CT molecular complexity index is 1260. The molecule has 0 spiro atoms. The predicted molar refractivity (Wildman–Crippen MR) is 139 cm³/mol. The zero-order chi connectivity index (χ0) is 25.4. The summed E-state index contributed by atoms with van der Waals surface area (Å²) in [5, 5.41) is 5.56. The van der Waals surface area contributed by atoms with Crippen molar-refractivity contribution >= 4 is 33.2 Å². The Balaban J connectivity index is 1.89.